The predicted molar refractivity (Wildman–Crippen MR) is 122 cm³/mol. The lowest BCUT2D eigenvalue weighted by atomic mass is 9.86. The van der Waals surface area contributed by atoms with Gasteiger partial charge >= 0.3 is 0 Å². The van der Waals surface area contributed by atoms with Crippen LogP contribution in [0.25, 0.3) is 0 Å². The van der Waals surface area contributed by atoms with Gasteiger partial charge in [-0.25, -0.2) is 4.99 Å². The van der Waals surface area contributed by atoms with Crippen LogP contribution in [-0.2, 0) is 10.2 Å². The Labute approximate surface area is 175 Å². The molecule has 0 heterocycles. The highest BCUT2D eigenvalue weighted by molar-refractivity contribution is 8.13. The van der Waals surface area contributed by atoms with Gasteiger partial charge in [0.05, 0.1) is 11.8 Å². The number of aliphatic hydroxyl groups is 1. The summed E-state index contributed by atoms with van der Waals surface area (Å²) in [4.78, 5) is 16.4. The van der Waals surface area contributed by atoms with E-state index in [9.17, 15) is 15.0 Å². The number of carbonyl (C=O) groups is 1. The number of aliphatic imine (C=N–C) groups is 1. The van der Waals surface area contributed by atoms with Gasteiger partial charge in [-0.15, -0.1) is 16.9 Å². The van der Waals surface area contributed by atoms with Gasteiger partial charge in [0.2, 0.25) is 5.17 Å². The Bertz CT molecular complexity index is 847. The number of benzene rings is 1. The molecule has 0 saturated carbocycles. The molecule has 28 heavy (non-hydrogen) atoms. The van der Waals surface area contributed by atoms with E-state index in [-0.39, 0.29) is 28.3 Å². The summed E-state index contributed by atoms with van der Waals surface area (Å²) in [5.41, 5.74) is 1.69. The monoisotopic (exact) mass is 421 g/mol. The molecule has 0 fully saturated rings. The number of thioether (sulfide) groups is 2. The van der Waals surface area contributed by atoms with E-state index in [1.807, 2.05) is 18.4 Å². The van der Waals surface area contributed by atoms with Gasteiger partial charge in [-0.3, -0.25) is 4.79 Å². The molecule has 0 aliphatic rings. The number of aromatic hydroxyl groups is 1. The molecule has 0 saturated heterocycles. The number of phenolic OH excluding ortho intramolecular Hbond substituents is 1. The lowest BCUT2D eigenvalue weighted by Crippen LogP contribution is -2.11. The SMILES string of the molecule is CSC(=N\N=C\c1cc(C(C)(C)C)cc(SC)c1O)/N=C/C(C(C)=O)=C(\C)O. The van der Waals surface area contributed by atoms with Crippen LogP contribution in [0.2, 0.25) is 0 Å². The molecule has 0 atom stereocenters. The largest absolute Gasteiger partial charge is 0.512 e. The van der Waals surface area contributed by atoms with E-state index in [2.05, 4.69) is 36.0 Å². The highest BCUT2D eigenvalue weighted by atomic mass is 32.2. The molecule has 6 nitrogen and oxygen atoms in total. The molecular formula is C20H27N3O3S2. The first-order valence-electron chi connectivity index (χ1n) is 8.52. The summed E-state index contributed by atoms with van der Waals surface area (Å²) < 4.78 is 0. The molecule has 1 rings (SSSR count). The van der Waals surface area contributed by atoms with Crippen molar-refractivity contribution in [1.82, 2.24) is 0 Å². The van der Waals surface area contributed by atoms with Crippen molar-refractivity contribution in [1.29, 1.82) is 0 Å². The Hall–Kier alpha value is -2.06. The highest BCUT2D eigenvalue weighted by Crippen LogP contribution is 2.35. The van der Waals surface area contributed by atoms with Crippen LogP contribution < -0.4 is 0 Å². The first kappa shape index (κ1) is 24.0. The molecule has 2 N–H and O–H groups in total. The Balaban J connectivity index is 3.22. The van der Waals surface area contributed by atoms with Gasteiger partial charge in [0.15, 0.2) is 5.78 Å². The van der Waals surface area contributed by atoms with Crippen LogP contribution in [0.1, 0.15) is 45.7 Å². The van der Waals surface area contributed by atoms with Gasteiger partial charge in [-0.05, 0) is 49.5 Å². The zero-order chi connectivity index (χ0) is 21.5. The Kier molecular flexibility index (Phi) is 8.97. The number of hydrogen-bond donors (Lipinski definition) is 2. The van der Waals surface area contributed by atoms with E-state index < -0.39 is 0 Å². The van der Waals surface area contributed by atoms with Gasteiger partial charge in [0.25, 0.3) is 0 Å². The summed E-state index contributed by atoms with van der Waals surface area (Å²) in [5, 5.41) is 28.3. The number of rotatable bonds is 5. The normalized spacial score (nSPS) is 14.0. The Morgan fingerprint density at radius 2 is 1.82 bits per heavy atom. The molecule has 0 unspecified atom stereocenters. The summed E-state index contributed by atoms with van der Waals surface area (Å²) in [5.74, 6) is -0.235. The van der Waals surface area contributed by atoms with Gasteiger partial charge < -0.3 is 10.2 Å². The van der Waals surface area contributed by atoms with Crippen molar-refractivity contribution in [3.05, 3.63) is 34.6 Å². The molecule has 8 heteroatoms. The molecule has 0 radical (unpaired) electrons. The number of phenols is 1. The molecule has 1 aromatic carbocycles. The summed E-state index contributed by atoms with van der Waals surface area (Å²) >= 11 is 2.71. The lowest BCUT2D eigenvalue weighted by Gasteiger charge is -2.21. The summed E-state index contributed by atoms with van der Waals surface area (Å²) in [7, 11) is 0. The van der Waals surface area contributed by atoms with Crippen LogP contribution in [0.4, 0.5) is 0 Å². The van der Waals surface area contributed by atoms with Crippen molar-refractivity contribution < 1.29 is 15.0 Å². The number of allylic oxidation sites excluding steroid dienone is 2. The fraction of sp³-hybridized carbons (Fsp3) is 0.400. The van der Waals surface area contributed by atoms with Crippen LogP contribution in [0.15, 0.2) is 43.6 Å². The molecule has 0 spiro atoms. The van der Waals surface area contributed by atoms with Crippen molar-refractivity contribution in [2.45, 2.75) is 44.9 Å². The number of carbonyl (C=O) groups excluding carboxylic acids is 1. The maximum absolute atomic E-state index is 11.5. The van der Waals surface area contributed by atoms with Crippen molar-refractivity contribution in [3.63, 3.8) is 0 Å². The number of ketones is 1. The number of Topliss-reactive ketones (excluding diaryl/α,β-unsaturated/α-hetero) is 1. The van der Waals surface area contributed by atoms with Crippen LogP contribution in [0, 0.1) is 0 Å². The van der Waals surface area contributed by atoms with Crippen molar-refractivity contribution in [3.8, 4) is 5.75 Å². The third kappa shape index (κ3) is 6.83. The summed E-state index contributed by atoms with van der Waals surface area (Å²) in [6, 6.07) is 3.87. The van der Waals surface area contributed by atoms with E-state index in [1.54, 1.807) is 6.26 Å². The standard InChI is InChI=1S/C20H27N3O3S2/c1-12(24)16(13(2)25)11-21-19(28-7)23-22-10-14-8-15(20(3,4)5)9-17(27-6)18(14)26/h8-11,24,26H,1-7H3/b16-12-,21-11+,22-10+,23-19-. The smallest absolute Gasteiger partial charge is 0.208 e. The summed E-state index contributed by atoms with van der Waals surface area (Å²) in [6.45, 7) is 9.08. The van der Waals surface area contributed by atoms with Gasteiger partial charge in [-0.2, -0.15) is 5.10 Å². The fourth-order valence-electron chi connectivity index (χ4n) is 2.14. The molecule has 0 aromatic heterocycles. The maximum Gasteiger partial charge on any atom is 0.208 e. The van der Waals surface area contributed by atoms with Gasteiger partial charge in [0, 0.05) is 16.7 Å². The predicted octanol–water partition coefficient (Wildman–Crippen LogP) is 4.96. The third-order valence-corrected chi connectivity index (χ3v) is 5.09. The highest BCUT2D eigenvalue weighted by Gasteiger charge is 2.18. The maximum atomic E-state index is 11.5. The van der Waals surface area contributed by atoms with Crippen molar-refractivity contribution in [2.24, 2.45) is 15.2 Å². The zero-order valence-electron chi connectivity index (χ0n) is 17.3. The van der Waals surface area contributed by atoms with Crippen LogP contribution in [-0.4, -0.2) is 46.1 Å². The van der Waals surface area contributed by atoms with Crippen LogP contribution >= 0.6 is 23.5 Å². The third-order valence-electron chi connectivity index (χ3n) is 3.79. The average molecular weight is 422 g/mol. The molecule has 0 bridgehead atoms. The van der Waals surface area contributed by atoms with Crippen LogP contribution in [0.3, 0.4) is 0 Å². The minimum atomic E-state index is -0.291. The molecule has 0 aliphatic heterocycles. The van der Waals surface area contributed by atoms with Crippen molar-refractivity contribution in [2.75, 3.05) is 12.5 Å². The lowest BCUT2D eigenvalue weighted by molar-refractivity contribution is -0.113. The molecule has 0 amide bonds. The average Bonchev–Trinajstić information content (AvgIpc) is 2.60. The molecule has 1 aromatic rings. The van der Waals surface area contributed by atoms with E-state index in [0.29, 0.717) is 10.7 Å². The number of amidine groups is 1. The second kappa shape index (κ2) is 10.5. The molecule has 152 valence electrons. The zero-order valence-corrected chi connectivity index (χ0v) is 18.9. The second-order valence-corrected chi connectivity index (χ2v) is 8.63. The first-order chi connectivity index (χ1) is 13.0. The Morgan fingerprint density at radius 3 is 2.29 bits per heavy atom. The van der Waals surface area contributed by atoms with Crippen molar-refractivity contribution >= 4 is 46.9 Å². The van der Waals surface area contributed by atoms with E-state index in [4.69, 9.17) is 0 Å². The topological polar surface area (TPSA) is 94.6 Å². The minimum Gasteiger partial charge on any atom is -0.512 e. The minimum absolute atomic E-state index is 0.0731. The molecule has 0 aliphatic carbocycles. The number of hydrogen-bond acceptors (Lipinski definition) is 7. The number of aliphatic hydroxyl groups excluding tert-OH is 1. The van der Waals surface area contributed by atoms with Gasteiger partial charge in [0.1, 0.15) is 11.5 Å². The summed E-state index contributed by atoms with van der Waals surface area (Å²) in [6.07, 6.45) is 6.43. The first-order valence-corrected chi connectivity index (χ1v) is 11.0. The van der Waals surface area contributed by atoms with E-state index >= 15 is 0 Å². The quantitative estimate of drug-likeness (QED) is 0.175. The second-order valence-electron chi connectivity index (χ2n) is 7.01. The van der Waals surface area contributed by atoms with Gasteiger partial charge in [-0.1, -0.05) is 32.5 Å². The fourth-order valence-corrected chi connectivity index (χ4v) is 2.98. The molecular weight excluding hydrogens is 394 g/mol. The van der Waals surface area contributed by atoms with E-state index in [0.717, 1.165) is 10.5 Å². The van der Waals surface area contributed by atoms with E-state index in [1.165, 1.54) is 49.8 Å². The Morgan fingerprint density at radius 1 is 1.18 bits per heavy atom. The number of nitrogens with zero attached hydrogens (tertiary/aromatic N) is 3. The van der Waals surface area contributed by atoms with Crippen LogP contribution in [0.5, 0.6) is 5.75 Å².